The highest BCUT2D eigenvalue weighted by Crippen LogP contribution is 2.33. The molecular weight excluding hydrogens is 406 g/mol. The van der Waals surface area contributed by atoms with Gasteiger partial charge < -0.3 is 24.4 Å². The SMILES string of the molecule is COc1ccc(-c2cc3nccn3c(Nc3ccc(N4CCOCC4)cc3)n2)cc1OC. The van der Waals surface area contributed by atoms with Crippen molar-refractivity contribution in [2.45, 2.75) is 0 Å². The molecule has 5 rings (SSSR count). The van der Waals surface area contributed by atoms with Crippen LogP contribution in [0.4, 0.5) is 17.3 Å². The average molecular weight is 431 g/mol. The molecule has 0 atom stereocenters. The number of hydrogen-bond acceptors (Lipinski definition) is 7. The molecule has 32 heavy (non-hydrogen) atoms. The van der Waals surface area contributed by atoms with Gasteiger partial charge in [0.05, 0.1) is 33.1 Å². The lowest BCUT2D eigenvalue weighted by Gasteiger charge is -2.28. The summed E-state index contributed by atoms with van der Waals surface area (Å²) in [5.41, 5.74) is 4.65. The third-order valence-electron chi connectivity index (χ3n) is 5.57. The Hall–Kier alpha value is -3.78. The fraction of sp³-hybridized carbons (Fsp3) is 0.250. The van der Waals surface area contributed by atoms with Gasteiger partial charge >= 0.3 is 0 Å². The molecule has 1 aliphatic heterocycles. The first-order valence-corrected chi connectivity index (χ1v) is 10.5. The van der Waals surface area contributed by atoms with Gasteiger partial charge in [-0.05, 0) is 42.5 Å². The third-order valence-corrected chi connectivity index (χ3v) is 5.57. The molecule has 0 radical (unpaired) electrons. The first kappa shape index (κ1) is 20.1. The Morgan fingerprint density at radius 3 is 2.47 bits per heavy atom. The van der Waals surface area contributed by atoms with E-state index in [9.17, 15) is 0 Å². The van der Waals surface area contributed by atoms with Crippen molar-refractivity contribution < 1.29 is 14.2 Å². The second kappa shape index (κ2) is 8.76. The van der Waals surface area contributed by atoms with Crippen molar-refractivity contribution in [1.29, 1.82) is 0 Å². The number of methoxy groups -OCH3 is 2. The summed E-state index contributed by atoms with van der Waals surface area (Å²) in [7, 11) is 3.25. The zero-order chi connectivity index (χ0) is 21.9. The summed E-state index contributed by atoms with van der Waals surface area (Å²) in [6, 6.07) is 16.1. The fourth-order valence-electron chi connectivity index (χ4n) is 3.86. The van der Waals surface area contributed by atoms with E-state index in [1.54, 1.807) is 20.4 Å². The summed E-state index contributed by atoms with van der Waals surface area (Å²) in [5, 5.41) is 3.44. The Morgan fingerprint density at radius 1 is 0.938 bits per heavy atom. The van der Waals surface area contributed by atoms with E-state index in [1.807, 2.05) is 34.9 Å². The Morgan fingerprint density at radius 2 is 1.72 bits per heavy atom. The Kier molecular flexibility index (Phi) is 5.51. The molecule has 8 nitrogen and oxygen atoms in total. The van der Waals surface area contributed by atoms with Crippen molar-refractivity contribution in [3.63, 3.8) is 0 Å². The molecule has 4 aromatic rings. The second-order valence-electron chi connectivity index (χ2n) is 7.46. The number of nitrogens with zero attached hydrogens (tertiary/aromatic N) is 4. The Balaban J connectivity index is 1.46. The van der Waals surface area contributed by atoms with Crippen LogP contribution in [0, 0.1) is 0 Å². The van der Waals surface area contributed by atoms with Gasteiger partial charge in [0.15, 0.2) is 11.5 Å². The minimum Gasteiger partial charge on any atom is -0.493 e. The van der Waals surface area contributed by atoms with Crippen LogP contribution in [0.5, 0.6) is 11.5 Å². The van der Waals surface area contributed by atoms with Gasteiger partial charge in [-0.2, -0.15) is 0 Å². The van der Waals surface area contributed by atoms with E-state index in [0.29, 0.717) is 17.4 Å². The Bertz CT molecular complexity index is 1220. The summed E-state index contributed by atoms with van der Waals surface area (Å²) >= 11 is 0. The number of nitrogens with one attached hydrogen (secondary N) is 1. The number of ether oxygens (including phenoxy) is 3. The van der Waals surface area contributed by atoms with Crippen molar-refractivity contribution >= 4 is 23.0 Å². The van der Waals surface area contributed by atoms with Crippen molar-refractivity contribution in [3.05, 3.63) is 60.9 Å². The maximum Gasteiger partial charge on any atom is 0.213 e. The summed E-state index contributed by atoms with van der Waals surface area (Å²) in [5.74, 6) is 2.02. The van der Waals surface area contributed by atoms with E-state index in [2.05, 4.69) is 39.5 Å². The molecule has 0 saturated carbocycles. The number of anilines is 3. The molecule has 1 N–H and O–H groups in total. The van der Waals surface area contributed by atoms with E-state index in [4.69, 9.17) is 19.2 Å². The van der Waals surface area contributed by atoms with Crippen LogP contribution in [0.15, 0.2) is 60.9 Å². The molecule has 2 aromatic carbocycles. The highest BCUT2D eigenvalue weighted by atomic mass is 16.5. The van der Waals surface area contributed by atoms with E-state index < -0.39 is 0 Å². The largest absolute Gasteiger partial charge is 0.493 e. The van der Waals surface area contributed by atoms with Crippen LogP contribution in [0.25, 0.3) is 16.9 Å². The van der Waals surface area contributed by atoms with Crippen LogP contribution < -0.4 is 19.7 Å². The lowest BCUT2D eigenvalue weighted by molar-refractivity contribution is 0.122. The van der Waals surface area contributed by atoms with Crippen LogP contribution >= 0.6 is 0 Å². The van der Waals surface area contributed by atoms with Gasteiger partial charge in [0.1, 0.15) is 5.65 Å². The lowest BCUT2D eigenvalue weighted by Crippen LogP contribution is -2.36. The number of rotatable bonds is 6. The van der Waals surface area contributed by atoms with Gasteiger partial charge in [0.25, 0.3) is 0 Å². The Labute approximate surface area is 186 Å². The zero-order valence-corrected chi connectivity index (χ0v) is 18.1. The van der Waals surface area contributed by atoms with Gasteiger partial charge in [-0.25, -0.2) is 9.97 Å². The lowest BCUT2D eigenvalue weighted by atomic mass is 10.1. The van der Waals surface area contributed by atoms with Crippen LogP contribution in [-0.4, -0.2) is 54.9 Å². The van der Waals surface area contributed by atoms with Crippen LogP contribution in [0.2, 0.25) is 0 Å². The molecule has 1 saturated heterocycles. The molecule has 1 fully saturated rings. The quantitative estimate of drug-likeness (QED) is 0.495. The number of hydrogen-bond donors (Lipinski definition) is 1. The standard InChI is InChI=1S/C24H25N5O3/c1-30-21-8-3-17(15-22(21)31-2)20-16-23-25-9-10-29(23)24(27-20)26-18-4-6-19(7-5-18)28-11-13-32-14-12-28/h3-10,15-16H,11-14H2,1-2H3,(H,26,27). The van der Waals surface area contributed by atoms with Crippen molar-refractivity contribution in [2.75, 3.05) is 50.7 Å². The van der Waals surface area contributed by atoms with Crippen molar-refractivity contribution in [2.24, 2.45) is 0 Å². The third kappa shape index (κ3) is 3.92. The molecule has 2 aromatic heterocycles. The van der Waals surface area contributed by atoms with Gasteiger partial charge in [0.2, 0.25) is 5.95 Å². The van der Waals surface area contributed by atoms with E-state index in [1.165, 1.54) is 5.69 Å². The molecule has 0 unspecified atom stereocenters. The highest BCUT2D eigenvalue weighted by Gasteiger charge is 2.13. The molecule has 0 bridgehead atoms. The van der Waals surface area contributed by atoms with Gasteiger partial charge in [-0.1, -0.05) is 0 Å². The normalized spacial score (nSPS) is 13.9. The van der Waals surface area contributed by atoms with Crippen molar-refractivity contribution in [1.82, 2.24) is 14.4 Å². The maximum atomic E-state index is 5.46. The topological polar surface area (TPSA) is 73.2 Å². The molecule has 164 valence electrons. The monoisotopic (exact) mass is 431 g/mol. The minimum absolute atomic E-state index is 0.656. The first-order chi connectivity index (χ1) is 15.7. The predicted molar refractivity (Wildman–Crippen MR) is 124 cm³/mol. The molecule has 1 aliphatic rings. The summed E-state index contributed by atoms with van der Waals surface area (Å²) in [6.45, 7) is 3.37. The number of morpholine rings is 1. The molecule has 3 heterocycles. The molecule has 0 spiro atoms. The van der Waals surface area contributed by atoms with Crippen LogP contribution in [0.3, 0.4) is 0 Å². The molecular formula is C24H25N5O3. The van der Waals surface area contributed by atoms with E-state index >= 15 is 0 Å². The highest BCUT2D eigenvalue weighted by molar-refractivity contribution is 5.70. The number of benzene rings is 2. The predicted octanol–water partition coefficient (Wildman–Crippen LogP) is 3.99. The van der Waals surface area contributed by atoms with E-state index in [-0.39, 0.29) is 0 Å². The fourth-order valence-corrected chi connectivity index (χ4v) is 3.86. The number of aromatic nitrogens is 3. The molecule has 0 aliphatic carbocycles. The molecule has 0 amide bonds. The van der Waals surface area contributed by atoms with Crippen LogP contribution in [-0.2, 0) is 4.74 Å². The summed E-state index contributed by atoms with van der Waals surface area (Å²) in [6.07, 6.45) is 3.66. The maximum absolute atomic E-state index is 5.46. The van der Waals surface area contributed by atoms with Crippen molar-refractivity contribution in [3.8, 4) is 22.8 Å². The van der Waals surface area contributed by atoms with Gasteiger partial charge in [-0.15, -0.1) is 0 Å². The summed E-state index contributed by atoms with van der Waals surface area (Å²) in [4.78, 5) is 11.7. The molecule has 8 heteroatoms. The zero-order valence-electron chi connectivity index (χ0n) is 18.1. The number of imidazole rings is 1. The minimum atomic E-state index is 0.656. The number of fused-ring (bicyclic) bond motifs is 1. The van der Waals surface area contributed by atoms with Gasteiger partial charge in [-0.3, -0.25) is 4.40 Å². The van der Waals surface area contributed by atoms with Gasteiger partial charge in [0, 0.05) is 48.5 Å². The second-order valence-corrected chi connectivity index (χ2v) is 7.46. The summed E-state index contributed by atoms with van der Waals surface area (Å²) < 4.78 is 18.2. The average Bonchev–Trinajstić information content (AvgIpc) is 3.34. The first-order valence-electron chi connectivity index (χ1n) is 10.5. The smallest absolute Gasteiger partial charge is 0.213 e. The van der Waals surface area contributed by atoms with E-state index in [0.717, 1.165) is 48.9 Å². The van der Waals surface area contributed by atoms with Crippen LogP contribution in [0.1, 0.15) is 0 Å².